The summed E-state index contributed by atoms with van der Waals surface area (Å²) in [5.41, 5.74) is 7.39. The molecule has 1 aromatic heterocycles. The van der Waals surface area contributed by atoms with Crippen LogP contribution in [0, 0.1) is 0 Å². The van der Waals surface area contributed by atoms with Gasteiger partial charge in [-0.15, -0.1) is 0 Å². The number of fused-ring (bicyclic) bond motifs is 1. The van der Waals surface area contributed by atoms with Gasteiger partial charge in [0.1, 0.15) is 6.33 Å². The SMILES string of the molecule is CC(N)c1ncnc2c(Cl)cccc12. The smallest absolute Gasteiger partial charge is 0.116 e. The van der Waals surface area contributed by atoms with Gasteiger partial charge in [0.15, 0.2) is 0 Å². The number of para-hydroxylation sites is 1. The average molecular weight is 208 g/mol. The Morgan fingerprint density at radius 3 is 2.86 bits per heavy atom. The fourth-order valence-corrected chi connectivity index (χ4v) is 1.66. The van der Waals surface area contributed by atoms with E-state index in [2.05, 4.69) is 9.97 Å². The first kappa shape index (κ1) is 9.37. The molecule has 0 aliphatic carbocycles. The van der Waals surface area contributed by atoms with Crippen molar-refractivity contribution in [3.05, 3.63) is 35.2 Å². The molecule has 0 amide bonds. The third kappa shape index (κ3) is 1.45. The summed E-state index contributed by atoms with van der Waals surface area (Å²) in [6.45, 7) is 1.89. The van der Waals surface area contributed by atoms with Gasteiger partial charge in [0.2, 0.25) is 0 Å². The lowest BCUT2D eigenvalue weighted by Gasteiger charge is -2.08. The van der Waals surface area contributed by atoms with Crippen molar-refractivity contribution in [2.75, 3.05) is 0 Å². The first-order valence-corrected chi connectivity index (χ1v) is 4.72. The quantitative estimate of drug-likeness (QED) is 0.781. The van der Waals surface area contributed by atoms with Gasteiger partial charge in [0.05, 0.1) is 16.2 Å². The molecule has 3 nitrogen and oxygen atoms in total. The maximum Gasteiger partial charge on any atom is 0.116 e. The molecule has 2 rings (SSSR count). The van der Waals surface area contributed by atoms with Crippen LogP contribution in [0.2, 0.25) is 5.02 Å². The molecule has 1 unspecified atom stereocenters. The number of benzene rings is 1. The number of hydrogen-bond acceptors (Lipinski definition) is 3. The van der Waals surface area contributed by atoms with Crippen LogP contribution in [0.1, 0.15) is 18.7 Å². The number of hydrogen-bond donors (Lipinski definition) is 1. The number of rotatable bonds is 1. The molecule has 14 heavy (non-hydrogen) atoms. The number of halogens is 1. The van der Waals surface area contributed by atoms with Gasteiger partial charge < -0.3 is 5.73 Å². The van der Waals surface area contributed by atoms with Crippen LogP contribution in [0.25, 0.3) is 10.9 Å². The topological polar surface area (TPSA) is 51.8 Å². The van der Waals surface area contributed by atoms with Crippen molar-refractivity contribution in [2.45, 2.75) is 13.0 Å². The molecule has 2 aromatic rings. The molecule has 0 spiro atoms. The summed E-state index contributed by atoms with van der Waals surface area (Å²) in [5.74, 6) is 0. The predicted molar refractivity (Wildman–Crippen MR) is 57.2 cm³/mol. The fraction of sp³-hybridized carbons (Fsp3) is 0.200. The van der Waals surface area contributed by atoms with Crippen LogP contribution in [0.4, 0.5) is 0 Å². The number of nitrogens with two attached hydrogens (primary N) is 1. The van der Waals surface area contributed by atoms with E-state index in [0.29, 0.717) is 5.02 Å². The van der Waals surface area contributed by atoms with E-state index in [0.717, 1.165) is 16.6 Å². The Labute approximate surface area is 86.9 Å². The summed E-state index contributed by atoms with van der Waals surface area (Å²) in [5, 5.41) is 1.56. The first-order valence-electron chi connectivity index (χ1n) is 4.35. The third-order valence-electron chi connectivity index (χ3n) is 2.08. The molecule has 0 bridgehead atoms. The highest BCUT2D eigenvalue weighted by Gasteiger charge is 2.08. The lowest BCUT2D eigenvalue weighted by Crippen LogP contribution is -2.08. The van der Waals surface area contributed by atoms with Crippen molar-refractivity contribution >= 4 is 22.5 Å². The standard InChI is InChI=1S/C10H10ClN3/c1-6(12)9-7-3-2-4-8(11)10(7)14-5-13-9/h2-6H,12H2,1H3. The maximum absolute atomic E-state index is 6.00. The second kappa shape index (κ2) is 3.52. The van der Waals surface area contributed by atoms with Gasteiger partial charge in [-0.05, 0) is 13.0 Å². The van der Waals surface area contributed by atoms with E-state index < -0.39 is 0 Å². The molecule has 0 saturated heterocycles. The molecule has 1 aromatic carbocycles. The van der Waals surface area contributed by atoms with Gasteiger partial charge in [-0.1, -0.05) is 23.7 Å². The molecule has 0 aliphatic heterocycles. The Bertz CT molecular complexity index is 468. The Hall–Kier alpha value is -1.19. The van der Waals surface area contributed by atoms with Crippen molar-refractivity contribution in [1.29, 1.82) is 0 Å². The molecule has 0 aliphatic rings. The normalized spacial score (nSPS) is 13.1. The van der Waals surface area contributed by atoms with Crippen molar-refractivity contribution in [2.24, 2.45) is 5.73 Å². The van der Waals surface area contributed by atoms with Crippen LogP contribution in [0.3, 0.4) is 0 Å². The highest BCUT2D eigenvalue weighted by Crippen LogP contribution is 2.24. The lowest BCUT2D eigenvalue weighted by atomic mass is 10.1. The second-order valence-corrected chi connectivity index (χ2v) is 3.59. The van der Waals surface area contributed by atoms with Gasteiger partial charge in [0, 0.05) is 11.4 Å². The minimum absolute atomic E-state index is 0.112. The van der Waals surface area contributed by atoms with Crippen molar-refractivity contribution in [3.63, 3.8) is 0 Å². The highest BCUT2D eigenvalue weighted by molar-refractivity contribution is 6.35. The monoisotopic (exact) mass is 207 g/mol. The molecule has 1 heterocycles. The Morgan fingerprint density at radius 2 is 2.14 bits per heavy atom. The molecule has 0 fully saturated rings. The predicted octanol–water partition coefficient (Wildman–Crippen LogP) is 2.30. The van der Waals surface area contributed by atoms with E-state index in [1.165, 1.54) is 6.33 Å². The van der Waals surface area contributed by atoms with E-state index in [-0.39, 0.29) is 6.04 Å². The van der Waals surface area contributed by atoms with Crippen LogP contribution in [0.15, 0.2) is 24.5 Å². The molecule has 2 N–H and O–H groups in total. The molecule has 72 valence electrons. The number of aromatic nitrogens is 2. The minimum atomic E-state index is -0.112. The van der Waals surface area contributed by atoms with Crippen LogP contribution >= 0.6 is 11.6 Å². The van der Waals surface area contributed by atoms with Crippen LogP contribution in [-0.4, -0.2) is 9.97 Å². The van der Waals surface area contributed by atoms with Crippen LogP contribution in [0.5, 0.6) is 0 Å². The maximum atomic E-state index is 6.00. The van der Waals surface area contributed by atoms with Crippen LogP contribution < -0.4 is 5.73 Å². The van der Waals surface area contributed by atoms with E-state index in [1.807, 2.05) is 25.1 Å². The summed E-state index contributed by atoms with van der Waals surface area (Å²) in [7, 11) is 0. The zero-order valence-corrected chi connectivity index (χ0v) is 8.49. The first-order chi connectivity index (χ1) is 6.70. The largest absolute Gasteiger partial charge is 0.323 e. The average Bonchev–Trinajstić information content (AvgIpc) is 2.17. The molecular formula is C10H10ClN3. The molecule has 4 heteroatoms. The Morgan fingerprint density at radius 1 is 1.36 bits per heavy atom. The van der Waals surface area contributed by atoms with Crippen molar-refractivity contribution in [1.82, 2.24) is 9.97 Å². The fourth-order valence-electron chi connectivity index (χ4n) is 1.43. The van der Waals surface area contributed by atoms with Gasteiger partial charge >= 0.3 is 0 Å². The molecule has 0 radical (unpaired) electrons. The summed E-state index contributed by atoms with van der Waals surface area (Å²) in [4.78, 5) is 8.28. The summed E-state index contributed by atoms with van der Waals surface area (Å²) in [6, 6.07) is 5.50. The Kier molecular flexibility index (Phi) is 2.35. The molecule has 1 atom stereocenters. The van der Waals surface area contributed by atoms with E-state index >= 15 is 0 Å². The Balaban J connectivity index is 2.81. The minimum Gasteiger partial charge on any atom is -0.323 e. The summed E-state index contributed by atoms with van der Waals surface area (Å²) < 4.78 is 0. The summed E-state index contributed by atoms with van der Waals surface area (Å²) >= 11 is 6.00. The zero-order chi connectivity index (χ0) is 10.1. The second-order valence-electron chi connectivity index (χ2n) is 3.18. The van der Waals surface area contributed by atoms with Gasteiger partial charge in [-0.2, -0.15) is 0 Å². The van der Waals surface area contributed by atoms with Crippen molar-refractivity contribution in [3.8, 4) is 0 Å². The zero-order valence-electron chi connectivity index (χ0n) is 7.74. The van der Waals surface area contributed by atoms with Gasteiger partial charge in [-0.25, -0.2) is 9.97 Å². The third-order valence-corrected chi connectivity index (χ3v) is 2.38. The molecular weight excluding hydrogens is 198 g/mol. The van der Waals surface area contributed by atoms with Gasteiger partial charge in [-0.3, -0.25) is 0 Å². The van der Waals surface area contributed by atoms with Gasteiger partial charge in [0.25, 0.3) is 0 Å². The van der Waals surface area contributed by atoms with Crippen molar-refractivity contribution < 1.29 is 0 Å². The van der Waals surface area contributed by atoms with E-state index in [1.54, 1.807) is 0 Å². The lowest BCUT2D eigenvalue weighted by molar-refractivity contribution is 0.787. The molecule has 0 saturated carbocycles. The van der Waals surface area contributed by atoms with E-state index in [9.17, 15) is 0 Å². The summed E-state index contributed by atoms with van der Waals surface area (Å²) in [6.07, 6.45) is 1.49. The number of nitrogens with zero attached hydrogens (tertiary/aromatic N) is 2. The highest BCUT2D eigenvalue weighted by atomic mass is 35.5. The van der Waals surface area contributed by atoms with Crippen LogP contribution in [-0.2, 0) is 0 Å². The van der Waals surface area contributed by atoms with E-state index in [4.69, 9.17) is 17.3 Å².